The second-order valence-corrected chi connectivity index (χ2v) is 14.0. The number of nitrogens with two attached hydrogens (primary N) is 1. The zero-order valence-electron chi connectivity index (χ0n) is 27.2. The second-order valence-electron chi connectivity index (χ2n) is 14.0. The van der Waals surface area contributed by atoms with Gasteiger partial charge in [0.1, 0.15) is 30.1 Å². The van der Waals surface area contributed by atoms with Crippen LogP contribution >= 0.6 is 0 Å². The number of nitrogens with zero attached hydrogens (tertiary/aromatic N) is 7. The Labute approximate surface area is 273 Å². The number of anilines is 2. The Morgan fingerprint density at radius 2 is 2.06 bits per heavy atom. The molecule has 0 radical (unpaired) electrons. The van der Waals surface area contributed by atoms with E-state index in [4.69, 9.17) is 34.7 Å². The summed E-state index contributed by atoms with van der Waals surface area (Å²) < 4.78 is 35.8. The van der Waals surface area contributed by atoms with E-state index in [9.17, 15) is 4.39 Å². The van der Waals surface area contributed by atoms with Crippen LogP contribution in [0.25, 0.3) is 11.6 Å². The van der Waals surface area contributed by atoms with Crippen LogP contribution in [0.2, 0.25) is 0 Å². The fourth-order valence-corrected chi connectivity index (χ4v) is 8.68. The number of oxazole rings is 1. The van der Waals surface area contributed by atoms with Gasteiger partial charge in [-0.15, -0.1) is 17.2 Å². The molecule has 7 heterocycles. The van der Waals surface area contributed by atoms with Crippen LogP contribution in [-0.2, 0) is 42.9 Å². The van der Waals surface area contributed by atoms with Gasteiger partial charge in [-0.25, -0.2) is 9.37 Å². The molecule has 2 N–H and O–H groups in total. The number of nitrogen functional groups attached to an aromatic ring is 1. The third-order valence-corrected chi connectivity index (χ3v) is 10.9. The summed E-state index contributed by atoms with van der Waals surface area (Å²) in [6.07, 6.45) is 7.73. The maximum Gasteiger partial charge on any atom is 0.318 e. The molecule has 5 aliphatic rings. The molecule has 3 atom stereocenters. The van der Waals surface area contributed by atoms with Gasteiger partial charge in [0.15, 0.2) is 0 Å². The first-order valence-corrected chi connectivity index (χ1v) is 17.0. The third kappa shape index (κ3) is 4.95. The fourth-order valence-electron chi connectivity index (χ4n) is 8.68. The largest absolute Gasteiger partial charge is 0.461 e. The van der Waals surface area contributed by atoms with Crippen LogP contribution < -0.4 is 15.4 Å². The van der Waals surface area contributed by atoms with Crippen molar-refractivity contribution in [2.75, 3.05) is 36.9 Å². The fraction of sp³-hybridized carbons (Fsp3) is 0.543. The topological polar surface area (TPSA) is 121 Å². The number of hydrogen-bond donors (Lipinski definition) is 1. The van der Waals surface area contributed by atoms with Crippen molar-refractivity contribution >= 4 is 11.5 Å². The molecule has 2 fully saturated rings. The van der Waals surface area contributed by atoms with Gasteiger partial charge in [-0.1, -0.05) is 18.5 Å². The first-order chi connectivity index (χ1) is 22.9. The number of aryl methyl sites for hydroxylation is 3. The molecule has 4 aromatic rings. The van der Waals surface area contributed by atoms with Gasteiger partial charge in [0.05, 0.1) is 41.9 Å². The van der Waals surface area contributed by atoms with Crippen LogP contribution in [0.1, 0.15) is 72.4 Å². The number of aromatic nitrogens is 5. The average molecular weight is 887 g/mol. The molecule has 4 aliphatic heterocycles. The maximum absolute atomic E-state index is 14.6. The molecule has 1 aromatic carbocycles. The van der Waals surface area contributed by atoms with Gasteiger partial charge in [-0.2, -0.15) is 27.2 Å². The number of fused-ring (bicyclic) bond motifs is 5. The molecule has 0 bridgehead atoms. The van der Waals surface area contributed by atoms with Gasteiger partial charge in [0, 0.05) is 38.0 Å². The number of benzene rings is 1. The minimum atomic E-state index is -0.821. The summed E-state index contributed by atoms with van der Waals surface area (Å²) in [6.45, 7) is 6.21. The Kier molecular flexibility index (Phi) is 7.13. The first-order valence-electron chi connectivity index (χ1n) is 17.0. The minimum Gasteiger partial charge on any atom is -0.461 e. The third-order valence-electron chi connectivity index (χ3n) is 10.9. The zero-order valence-corrected chi connectivity index (χ0v) is 30.1. The molecule has 0 saturated carbocycles. The summed E-state index contributed by atoms with van der Waals surface area (Å²) >= 11 is 0. The molecule has 9 rings (SSSR count). The number of halogens is 1. The van der Waals surface area contributed by atoms with Crippen LogP contribution in [0.4, 0.5) is 15.9 Å². The number of rotatable bonds is 5. The molecular formula is C35H40CmFN8O3-. The van der Waals surface area contributed by atoms with Crippen LogP contribution in [0.5, 0.6) is 6.01 Å². The van der Waals surface area contributed by atoms with E-state index in [2.05, 4.69) is 33.0 Å². The van der Waals surface area contributed by atoms with E-state index in [1.165, 1.54) is 5.56 Å². The van der Waals surface area contributed by atoms with Crippen molar-refractivity contribution in [3.8, 4) is 17.6 Å². The Bertz CT molecular complexity index is 1850. The van der Waals surface area contributed by atoms with Crippen molar-refractivity contribution in [2.45, 2.75) is 95.3 Å². The molecule has 2 saturated heterocycles. The molecule has 48 heavy (non-hydrogen) atoms. The van der Waals surface area contributed by atoms with Gasteiger partial charge < -0.3 is 24.5 Å². The van der Waals surface area contributed by atoms with Crippen molar-refractivity contribution in [1.82, 2.24) is 29.6 Å². The molecule has 11 nitrogen and oxygen atoms in total. The quantitative estimate of drug-likeness (QED) is 0.224. The van der Waals surface area contributed by atoms with Crippen molar-refractivity contribution in [2.24, 2.45) is 0 Å². The summed E-state index contributed by atoms with van der Waals surface area (Å²) in [6, 6.07) is 9.89. The van der Waals surface area contributed by atoms with Crippen molar-refractivity contribution < 1.29 is 18.3 Å². The standard InChI is InChI=1S/C35H40FN8O3.Cm/c1-22-17-38-32(47-22)29-14-26-19-42(10-4-12-44(26)41-29)31-27-20-46-35(9-2-5-23-6-7-25(37)13-28(23)35)16-30(27)39-33(40-31)45-21-34-8-3-11-43(34)18-24(36)15-34;/h6-7,14,17,24H,2-5,8-12,15-16,18-21,37H2,1H3;/q-1;/t24-,34?,35+;/m1./s1. The van der Waals surface area contributed by atoms with Crippen molar-refractivity contribution in [3.05, 3.63) is 64.3 Å². The van der Waals surface area contributed by atoms with Crippen LogP contribution in [0.15, 0.2) is 28.8 Å². The van der Waals surface area contributed by atoms with E-state index < -0.39 is 11.8 Å². The Morgan fingerprint density at radius 1 is 1.15 bits per heavy atom. The van der Waals surface area contributed by atoms with E-state index in [0.717, 1.165) is 97.9 Å². The van der Waals surface area contributed by atoms with Crippen LogP contribution in [0.3, 0.4) is 0 Å². The molecular weight excluding hydrogens is 846 g/mol. The molecule has 0 amide bonds. The van der Waals surface area contributed by atoms with E-state index in [-0.39, 0.29) is 5.54 Å². The predicted octanol–water partition coefficient (Wildman–Crippen LogP) is 4.69. The summed E-state index contributed by atoms with van der Waals surface area (Å²) in [5.74, 6) is 2.10. The van der Waals surface area contributed by atoms with Crippen molar-refractivity contribution in [1.29, 1.82) is 0 Å². The Morgan fingerprint density at radius 3 is 2.94 bits per heavy atom. The Hall–Kier alpha value is -5.03. The number of hydrogen-bond acceptors (Lipinski definition) is 10. The summed E-state index contributed by atoms with van der Waals surface area (Å²) in [5.41, 5.74) is 12.0. The molecule has 254 valence electrons. The normalized spacial score (nSPS) is 26.4. The second kappa shape index (κ2) is 11.3. The molecule has 1 spiro atoms. The monoisotopic (exact) mass is 882 g/mol. The maximum atomic E-state index is 14.6. The van der Waals surface area contributed by atoms with Crippen LogP contribution in [0, 0.1) is 13.0 Å². The van der Waals surface area contributed by atoms with Crippen LogP contribution in [-0.4, -0.2) is 67.6 Å². The van der Waals surface area contributed by atoms with Gasteiger partial charge in [-0.3, -0.25) is 9.58 Å². The zero-order chi connectivity index (χ0) is 31.8. The SMILES string of the molecule is Cc1cnc(-c2cc3n(n2)CCCN(c2nc(OCC45CCCN4C[C@H](F)C5)nc4c2CO[C@@]2(CCCc5ccc(N)[c-]c52)C4)C3)o1.[Cm]. The summed E-state index contributed by atoms with van der Waals surface area (Å²) in [5, 5.41) is 4.83. The Balaban J connectivity index is 0.00000336. The summed E-state index contributed by atoms with van der Waals surface area (Å²) in [4.78, 5) is 19.1. The molecule has 1 aliphatic carbocycles. The van der Waals surface area contributed by atoms with Gasteiger partial charge in [0.2, 0.25) is 5.89 Å². The van der Waals surface area contributed by atoms with E-state index in [0.29, 0.717) is 56.7 Å². The van der Waals surface area contributed by atoms with Gasteiger partial charge >= 0.3 is 6.01 Å². The van der Waals surface area contributed by atoms with Gasteiger partial charge in [0.25, 0.3) is 0 Å². The molecule has 13 heteroatoms. The van der Waals surface area contributed by atoms with Gasteiger partial charge in [-0.05, 0) is 45.2 Å². The van der Waals surface area contributed by atoms with E-state index >= 15 is 0 Å². The average Bonchev–Trinajstić information content (AvgIpc) is 3.81. The predicted molar refractivity (Wildman–Crippen MR) is 172 cm³/mol. The summed E-state index contributed by atoms with van der Waals surface area (Å²) in [7, 11) is 0. The smallest absolute Gasteiger partial charge is 0.318 e. The number of alkyl halides is 1. The molecule has 3 aromatic heterocycles. The minimum absolute atomic E-state index is 0. The van der Waals surface area contributed by atoms with E-state index in [1.54, 1.807) is 6.20 Å². The first kappa shape index (κ1) is 30.3. The van der Waals surface area contributed by atoms with Crippen molar-refractivity contribution in [3.63, 3.8) is 0 Å². The number of ether oxygens (including phenoxy) is 2. The molecule has 1 unspecified atom stereocenters. The van der Waals surface area contributed by atoms with E-state index in [1.807, 2.05) is 17.7 Å².